The van der Waals surface area contributed by atoms with Crippen LogP contribution in [-0.2, 0) is 9.47 Å². The van der Waals surface area contributed by atoms with Gasteiger partial charge in [0.25, 0.3) is 0 Å². The van der Waals surface area contributed by atoms with Crippen molar-refractivity contribution in [1.29, 1.82) is 0 Å². The molecule has 8 heteroatoms. The first kappa shape index (κ1) is 21.2. The summed E-state index contributed by atoms with van der Waals surface area (Å²) >= 11 is 0. The highest BCUT2D eigenvalue weighted by Crippen LogP contribution is 2.32. The number of rotatable bonds is 9. The molecule has 1 aliphatic rings. The number of carbonyl (C=O) groups is 1. The third kappa shape index (κ3) is 9.29. The van der Waals surface area contributed by atoms with Crippen LogP contribution in [0.3, 0.4) is 0 Å². The van der Waals surface area contributed by atoms with Crippen LogP contribution in [0.15, 0.2) is 4.99 Å². The van der Waals surface area contributed by atoms with E-state index >= 15 is 0 Å². The van der Waals surface area contributed by atoms with E-state index in [1.807, 2.05) is 6.92 Å². The van der Waals surface area contributed by atoms with Crippen molar-refractivity contribution in [3.63, 3.8) is 0 Å². The minimum Gasteiger partial charge on any atom is -0.450 e. The van der Waals surface area contributed by atoms with E-state index in [0.29, 0.717) is 44.8 Å². The topological polar surface area (TPSA) is 84.0 Å². The zero-order valence-electron chi connectivity index (χ0n) is 13.7. The molecule has 1 atom stereocenters. The minimum absolute atomic E-state index is 0. The van der Waals surface area contributed by atoms with E-state index in [4.69, 9.17) is 9.47 Å². The van der Waals surface area contributed by atoms with Crippen molar-refractivity contribution in [3.8, 4) is 0 Å². The van der Waals surface area contributed by atoms with Crippen LogP contribution < -0.4 is 16.0 Å². The number of aliphatic imine (C=N–C) groups is 1. The van der Waals surface area contributed by atoms with E-state index in [1.165, 1.54) is 0 Å². The Hall–Kier alpha value is -0.770. The van der Waals surface area contributed by atoms with Crippen LogP contribution in [0.2, 0.25) is 0 Å². The lowest BCUT2D eigenvalue weighted by Crippen LogP contribution is -2.48. The van der Waals surface area contributed by atoms with Crippen LogP contribution in [-0.4, -0.2) is 58.1 Å². The summed E-state index contributed by atoms with van der Waals surface area (Å²) in [5.74, 6) is 1.24. The molecule has 0 aromatic rings. The third-order valence-corrected chi connectivity index (χ3v) is 3.23. The van der Waals surface area contributed by atoms with Gasteiger partial charge in [-0.1, -0.05) is 0 Å². The van der Waals surface area contributed by atoms with Gasteiger partial charge in [-0.3, -0.25) is 4.99 Å². The molecule has 0 aromatic heterocycles. The maximum Gasteiger partial charge on any atom is 0.407 e. The molecule has 1 amide bonds. The molecule has 1 unspecified atom stereocenters. The molecule has 1 saturated carbocycles. The average molecular weight is 428 g/mol. The van der Waals surface area contributed by atoms with Gasteiger partial charge in [0.1, 0.15) is 0 Å². The summed E-state index contributed by atoms with van der Waals surface area (Å²) in [4.78, 5) is 15.7. The van der Waals surface area contributed by atoms with E-state index in [1.54, 1.807) is 14.0 Å². The van der Waals surface area contributed by atoms with Gasteiger partial charge in [-0.2, -0.15) is 0 Å². The Bertz CT molecular complexity index is 338. The molecule has 130 valence electrons. The van der Waals surface area contributed by atoms with Crippen LogP contribution in [0, 0.1) is 5.92 Å². The molecule has 0 spiro atoms. The molecule has 0 aliphatic heterocycles. The summed E-state index contributed by atoms with van der Waals surface area (Å²) in [6, 6.07) is 0.0782. The summed E-state index contributed by atoms with van der Waals surface area (Å²) in [7, 11) is 1.72. The number of guanidine groups is 1. The van der Waals surface area contributed by atoms with Gasteiger partial charge >= 0.3 is 6.09 Å². The lowest BCUT2D eigenvalue weighted by Gasteiger charge is -2.20. The molecule has 0 saturated heterocycles. The van der Waals surface area contributed by atoms with Crippen LogP contribution in [0.4, 0.5) is 4.79 Å². The lowest BCUT2D eigenvalue weighted by atomic mass is 10.2. The number of carbonyl (C=O) groups excluding carboxylic acids is 1. The standard InChI is InChI=1S/C14H28N4O3.HI/c1-4-20-9-8-16-13(15-3)17-10-12(11-6-7-11)18-14(19)21-5-2;/h11-12H,4-10H2,1-3H3,(H,18,19)(H2,15,16,17);1H. The number of hydrogen-bond donors (Lipinski definition) is 3. The van der Waals surface area contributed by atoms with Crippen molar-refractivity contribution in [2.75, 3.05) is 40.0 Å². The summed E-state index contributed by atoms with van der Waals surface area (Å²) < 4.78 is 10.2. The summed E-state index contributed by atoms with van der Waals surface area (Å²) in [6.07, 6.45) is 1.94. The fourth-order valence-electron chi connectivity index (χ4n) is 1.97. The number of hydrogen-bond acceptors (Lipinski definition) is 4. The maximum absolute atomic E-state index is 11.5. The van der Waals surface area contributed by atoms with Crippen LogP contribution in [0.1, 0.15) is 26.7 Å². The molecule has 1 aliphatic carbocycles. The quantitative estimate of drug-likeness (QED) is 0.223. The fraction of sp³-hybridized carbons (Fsp3) is 0.857. The zero-order valence-corrected chi connectivity index (χ0v) is 16.0. The zero-order chi connectivity index (χ0) is 15.5. The second kappa shape index (κ2) is 12.7. The first-order valence-electron chi connectivity index (χ1n) is 7.66. The molecule has 0 bridgehead atoms. The van der Waals surface area contributed by atoms with Crippen molar-refractivity contribution in [2.45, 2.75) is 32.7 Å². The second-order valence-electron chi connectivity index (χ2n) is 4.89. The van der Waals surface area contributed by atoms with Gasteiger partial charge in [-0.15, -0.1) is 24.0 Å². The number of ether oxygens (including phenoxy) is 2. The van der Waals surface area contributed by atoms with E-state index in [0.717, 1.165) is 12.8 Å². The predicted molar refractivity (Wildman–Crippen MR) is 97.9 cm³/mol. The molecule has 0 aromatic carbocycles. The summed E-state index contributed by atoms with van der Waals surface area (Å²) in [6.45, 7) is 6.84. The largest absolute Gasteiger partial charge is 0.450 e. The van der Waals surface area contributed by atoms with Crippen LogP contribution in [0.25, 0.3) is 0 Å². The Morgan fingerprint density at radius 2 is 2.00 bits per heavy atom. The van der Waals surface area contributed by atoms with E-state index in [2.05, 4.69) is 20.9 Å². The Balaban J connectivity index is 0.00000441. The molecule has 22 heavy (non-hydrogen) atoms. The second-order valence-corrected chi connectivity index (χ2v) is 4.89. The molecule has 1 rings (SSSR count). The van der Waals surface area contributed by atoms with Crippen molar-refractivity contribution in [1.82, 2.24) is 16.0 Å². The van der Waals surface area contributed by atoms with Crippen LogP contribution in [0.5, 0.6) is 0 Å². The monoisotopic (exact) mass is 428 g/mol. The smallest absolute Gasteiger partial charge is 0.407 e. The van der Waals surface area contributed by atoms with Crippen LogP contribution >= 0.6 is 24.0 Å². The number of halogens is 1. The first-order valence-corrected chi connectivity index (χ1v) is 7.66. The van der Waals surface area contributed by atoms with Gasteiger partial charge in [-0.25, -0.2) is 4.79 Å². The Morgan fingerprint density at radius 1 is 1.27 bits per heavy atom. The van der Waals surface area contributed by atoms with Gasteiger partial charge in [-0.05, 0) is 32.6 Å². The number of nitrogens with zero attached hydrogens (tertiary/aromatic N) is 1. The van der Waals surface area contributed by atoms with Crippen molar-refractivity contribution in [3.05, 3.63) is 0 Å². The molecular formula is C14H29IN4O3. The average Bonchev–Trinajstić information content (AvgIpc) is 3.30. The van der Waals surface area contributed by atoms with Crippen molar-refractivity contribution in [2.24, 2.45) is 10.9 Å². The highest BCUT2D eigenvalue weighted by molar-refractivity contribution is 14.0. The molecule has 3 N–H and O–H groups in total. The minimum atomic E-state index is -0.351. The van der Waals surface area contributed by atoms with Gasteiger partial charge < -0.3 is 25.4 Å². The van der Waals surface area contributed by atoms with Gasteiger partial charge in [0, 0.05) is 26.7 Å². The van der Waals surface area contributed by atoms with E-state index in [-0.39, 0.29) is 36.1 Å². The Morgan fingerprint density at radius 3 is 2.55 bits per heavy atom. The van der Waals surface area contributed by atoms with Crippen molar-refractivity contribution >= 4 is 36.0 Å². The molecule has 1 fully saturated rings. The van der Waals surface area contributed by atoms with E-state index < -0.39 is 0 Å². The van der Waals surface area contributed by atoms with Crippen molar-refractivity contribution < 1.29 is 14.3 Å². The predicted octanol–water partition coefficient (Wildman–Crippen LogP) is 1.33. The third-order valence-electron chi connectivity index (χ3n) is 3.23. The number of alkyl carbamates (subject to hydrolysis) is 1. The fourth-order valence-corrected chi connectivity index (χ4v) is 1.97. The summed E-state index contributed by atoms with van der Waals surface area (Å²) in [5, 5.41) is 9.30. The van der Waals surface area contributed by atoms with Gasteiger partial charge in [0.15, 0.2) is 5.96 Å². The highest BCUT2D eigenvalue weighted by Gasteiger charge is 2.32. The molecular weight excluding hydrogens is 399 g/mol. The normalized spacial score (nSPS) is 15.5. The summed E-state index contributed by atoms with van der Waals surface area (Å²) in [5.41, 5.74) is 0. The first-order chi connectivity index (χ1) is 10.2. The van der Waals surface area contributed by atoms with Gasteiger partial charge in [0.05, 0.1) is 19.3 Å². The number of amides is 1. The number of nitrogens with one attached hydrogen (secondary N) is 3. The maximum atomic E-state index is 11.5. The SMILES string of the molecule is CCOCCNC(=NC)NCC(NC(=O)OCC)C1CC1.I. The molecule has 0 radical (unpaired) electrons. The lowest BCUT2D eigenvalue weighted by molar-refractivity contribution is 0.146. The highest BCUT2D eigenvalue weighted by atomic mass is 127. The Kier molecular flexibility index (Phi) is 12.3. The van der Waals surface area contributed by atoms with E-state index in [9.17, 15) is 4.79 Å². The molecule has 0 heterocycles. The Labute approximate surface area is 150 Å². The molecule has 7 nitrogen and oxygen atoms in total. The van der Waals surface area contributed by atoms with Gasteiger partial charge in [0.2, 0.25) is 0 Å².